The Labute approximate surface area is 175 Å². The van der Waals surface area contributed by atoms with Gasteiger partial charge < -0.3 is 16.4 Å². The highest BCUT2D eigenvalue weighted by molar-refractivity contribution is 5.91. The van der Waals surface area contributed by atoms with Crippen LogP contribution in [-0.4, -0.2) is 34.7 Å². The molecule has 0 saturated heterocycles. The van der Waals surface area contributed by atoms with Crippen LogP contribution in [-0.2, 0) is 27.2 Å². The van der Waals surface area contributed by atoms with Crippen LogP contribution in [0.25, 0.3) is 0 Å². The number of hydrogen-bond acceptors (Lipinski definition) is 5. The van der Waals surface area contributed by atoms with Crippen LogP contribution in [0.2, 0.25) is 0 Å². The van der Waals surface area contributed by atoms with E-state index in [-0.39, 0.29) is 18.4 Å². The lowest BCUT2D eigenvalue weighted by Crippen LogP contribution is -2.54. The molecule has 4 N–H and O–H groups in total. The van der Waals surface area contributed by atoms with E-state index in [2.05, 4.69) is 10.6 Å². The Kier molecular flexibility index (Phi) is 7.72. The lowest BCUT2D eigenvalue weighted by molar-refractivity contribution is -0.387. The minimum atomic E-state index is -1.29. The van der Waals surface area contributed by atoms with Gasteiger partial charge in [0, 0.05) is 25.8 Å². The zero-order chi connectivity index (χ0) is 23.1. The van der Waals surface area contributed by atoms with E-state index in [0.717, 1.165) is 12.1 Å². The summed E-state index contributed by atoms with van der Waals surface area (Å²) in [5.41, 5.74) is 5.18. The van der Waals surface area contributed by atoms with E-state index in [9.17, 15) is 33.3 Å². The highest BCUT2D eigenvalue weighted by Gasteiger charge is 2.26. The summed E-state index contributed by atoms with van der Waals surface area (Å²) in [7, 11) is 0. The second-order valence-corrected chi connectivity index (χ2v) is 6.80. The third-order valence-electron chi connectivity index (χ3n) is 4.33. The van der Waals surface area contributed by atoms with Gasteiger partial charge in [-0.15, -0.1) is 0 Å². The average Bonchev–Trinajstić information content (AvgIpc) is 2.67. The Balaban J connectivity index is 2.19. The van der Waals surface area contributed by atoms with E-state index in [1.807, 2.05) is 0 Å². The van der Waals surface area contributed by atoms with Gasteiger partial charge in [-0.05, 0) is 29.3 Å². The molecule has 0 saturated carbocycles. The normalized spacial score (nSPS) is 12.5. The van der Waals surface area contributed by atoms with Crippen LogP contribution in [0, 0.1) is 21.7 Å². The zero-order valence-electron chi connectivity index (χ0n) is 16.4. The maximum absolute atomic E-state index is 13.5. The summed E-state index contributed by atoms with van der Waals surface area (Å²) in [5, 5.41) is 15.7. The Morgan fingerprint density at radius 1 is 1.03 bits per heavy atom. The van der Waals surface area contributed by atoms with Crippen LogP contribution in [0.4, 0.5) is 14.5 Å². The van der Waals surface area contributed by atoms with Crippen molar-refractivity contribution in [3.63, 3.8) is 0 Å². The average molecular weight is 434 g/mol. The molecule has 0 heterocycles. The Morgan fingerprint density at radius 3 is 2.26 bits per heavy atom. The summed E-state index contributed by atoms with van der Waals surface area (Å²) >= 11 is 0. The lowest BCUT2D eigenvalue weighted by atomic mass is 10.0. The number of carbonyl (C=O) groups excluding carboxylic acids is 3. The van der Waals surface area contributed by atoms with E-state index in [0.29, 0.717) is 5.56 Å². The van der Waals surface area contributed by atoms with Gasteiger partial charge in [0.1, 0.15) is 17.9 Å². The lowest BCUT2D eigenvalue weighted by Gasteiger charge is -2.22. The Bertz CT molecular complexity index is 1010. The minimum absolute atomic E-state index is 0.0589. The van der Waals surface area contributed by atoms with Crippen molar-refractivity contribution in [3.05, 3.63) is 75.3 Å². The molecule has 2 aromatic carbocycles. The maximum Gasteiger partial charge on any atom is 0.305 e. The predicted octanol–water partition coefficient (Wildman–Crippen LogP) is 1.13. The SMILES string of the molecule is CC(=O)N[C@@H](Cc1cccc(F)c1)C(=O)N[C@@H](Cc1ccc(F)c([N+](=O)[O-])c1)C(N)=O. The quantitative estimate of drug-likeness (QED) is 0.400. The van der Waals surface area contributed by atoms with Crippen molar-refractivity contribution in [1.82, 2.24) is 10.6 Å². The molecule has 9 nitrogen and oxygen atoms in total. The molecule has 0 fully saturated rings. The van der Waals surface area contributed by atoms with Crippen LogP contribution >= 0.6 is 0 Å². The largest absolute Gasteiger partial charge is 0.368 e. The van der Waals surface area contributed by atoms with Crippen molar-refractivity contribution in [2.24, 2.45) is 5.73 Å². The molecular formula is C20H20F2N4O5. The fraction of sp³-hybridized carbons (Fsp3) is 0.250. The van der Waals surface area contributed by atoms with Crippen molar-refractivity contribution in [1.29, 1.82) is 0 Å². The molecule has 0 aliphatic carbocycles. The third-order valence-corrected chi connectivity index (χ3v) is 4.33. The number of amides is 3. The van der Waals surface area contributed by atoms with Gasteiger partial charge >= 0.3 is 5.69 Å². The van der Waals surface area contributed by atoms with Gasteiger partial charge in [0.05, 0.1) is 4.92 Å². The van der Waals surface area contributed by atoms with E-state index in [4.69, 9.17) is 5.73 Å². The fourth-order valence-corrected chi connectivity index (χ4v) is 2.91. The molecule has 0 aliphatic rings. The minimum Gasteiger partial charge on any atom is -0.368 e. The van der Waals surface area contributed by atoms with Crippen molar-refractivity contribution >= 4 is 23.4 Å². The molecule has 2 aromatic rings. The molecule has 164 valence electrons. The molecule has 0 radical (unpaired) electrons. The van der Waals surface area contributed by atoms with Gasteiger partial charge in [-0.1, -0.05) is 18.2 Å². The number of halogens is 2. The standard InChI is InChI=1S/C20H20F2N4O5/c1-11(27)24-17(9-12-3-2-4-14(21)7-12)20(29)25-16(19(23)28)8-13-5-6-15(22)18(10-13)26(30)31/h2-7,10,16-17H,8-9H2,1H3,(H2,23,28)(H,24,27)(H,25,29)/t16-,17-/m0/s1. The Hall–Kier alpha value is -3.89. The summed E-state index contributed by atoms with van der Waals surface area (Å²) in [4.78, 5) is 46.0. The summed E-state index contributed by atoms with van der Waals surface area (Å²) in [6.45, 7) is 1.19. The fourth-order valence-electron chi connectivity index (χ4n) is 2.91. The Morgan fingerprint density at radius 2 is 1.68 bits per heavy atom. The highest BCUT2D eigenvalue weighted by atomic mass is 19.1. The molecule has 0 aromatic heterocycles. The number of carbonyl (C=O) groups is 3. The van der Waals surface area contributed by atoms with Crippen molar-refractivity contribution < 1.29 is 28.1 Å². The van der Waals surface area contributed by atoms with Crippen molar-refractivity contribution in [2.45, 2.75) is 31.8 Å². The second-order valence-electron chi connectivity index (χ2n) is 6.80. The summed E-state index contributed by atoms with van der Waals surface area (Å²) < 4.78 is 27.0. The van der Waals surface area contributed by atoms with Crippen molar-refractivity contribution in [3.8, 4) is 0 Å². The molecule has 2 atom stereocenters. The van der Waals surface area contributed by atoms with Crippen molar-refractivity contribution in [2.75, 3.05) is 0 Å². The molecule has 3 amide bonds. The molecule has 11 heteroatoms. The monoisotopic (exact) mass is 434 g/mol. The van der Waals surface area contributed by atoms with E-state index in [1.54, 1.807) is 6.07 Å². The number of nitrogens with two attached hydrogens (primary N) is 1. The second kappa shape index (κ2) is 10.2. The maximum atomic E-state index is 13.5. The third kappa shape index (κ3) is 6.84. The van der Waals surface area contributed by atoms with Gasteiger partial charge in [-0.25, -0.2) is 4.39 Å². The van der Waals surface area contributed by atoms with Crippen LogP contribution in [0.15, 0.2) is 42.5 Å². The number of nitro benzene ring substituents is 1. The van der Waals surface area contributed by atoms with Crippen LogP contribution in [0.1, 0.15) is 18.1 Å². The number of nitrogens with zero attached hydrogens (tertiary/aromatic N) is 1. The molecule has 0 unspecified atom stereocenters. The molecule has 0 spiro atoms. The molecule has 2 rings (SSSR count). The predicted molar refractivity (Wildman–Crippen MR) is 106 cm³/mol. The van der Waals surface area contributed by atoms with E-state index < -0.39 is 52.1 Å². The summed E-state index contributed by atoms with van der Waals surface area (Å²) in [5.74, 6) is -3.80. The van der Waals surface area contributed by atoms with Crippen LogP contribution < -0.4 is 16.4 Å². The first-order chi connectivity index (χ1) is 14.6. The smallest absolute Gasteiger partial charge is 0.305 e. The van der Waals surface area contributed by atoms with E-state index >= 15 is 0 Å². The zero-order valence-corrected chi connectivity index (χ0v) is 16.4. The first-order valence-electron chi connectivity index (χ1n) is 9.11. The first-order valence-corrected chi connectivity index (χ1v) is 9.11. The molecular weight excluding hydrogens is 414 g/mol. The van der Waals surface area contributed by atoms with Gasteiger partial charge in [0.25, 0.3) is 0 Å². The molecule has 0 bridgehead atoms. The number of hydrogen-bond donors (Lipinski definition) is 3. The molecule has 31 heavy (non-hydrogen) atoms. The number of rotatable bonds is 9. The van der Waals surface area contributed by atoms with Crippen LogP contribution in [0.3, 0.4) is 0 Å². The van der Waals surface area contributed by atoms with Gasteiger partial charge in [0.15, 0.2) is 0 Å². The summed E-state index contributed by atoms with van der Waals surface area (Å²) in [6.07, 6.45) is -0.300. The van der Waals surface area contributed by atoms with Gasteiger partial charge in [-0.2, -0.15) is 4.39 Å². The molecule has 0 aliphatic heterocycles. The topological polar surface area (TPSA) is 144 Å². The van der Waals surface area contributed by atoms with Gasteiger partial charge in [-0.3, -0.25) is 24.5 Å². The van der Waals surface area contributed by atoms with Crippen LogP contribution in [0.5, 0.6) is 0 Å². The number of benzene rings is 2. The highest BCUT2D eigenvalue weighted by Crippen LogP contribution is 2.19. The summed E-state index contributed by atoms with van der Waals surface area (Å²) in [6, 6.07) is 6.04. The number of nitrogens with one attached hydrogen (secondary N) is 2. The number of primary amides is 1. The van der Waals surface area contributed by atoms with E-state index in [1.165, 1.54) is 31.2 Å². The first kappa shape index (κ1) is 23.4. The number of nitro groups is 1. The van der Waals surface area contributed by atoms with Gasteiger partial charge in [0.2, 0.25) is 23.5 Å².